The van der Waals surface area contributed by atoms with Crippen molar-refractivity contribution in [2.45, 2.75) is 32.4 Å². The summed E-state index contributed by atoms with van der Waals surface area (Å²) in [6.45, 7) is 3.22. The van der Waals surface area contributed by atoms with Gasteiger partial charge in [0, 0.05) is 19.2 Å². The molecule has 3 heterocycles. The van der Waals surface area contributed by atoms with Crippen molar-refractivity contribution in [1.29, 1.82) is 0 Å². The van der Waals surface area contributed by atoms with Gasteiger partial charge in [-0.3, -0.25) is 9.89 Å². The molecule has 0 saturated heterocycles. The number of hydrogen-bond donors (Lipinski definition) is 1. The van der Waals surface area contributed by atoms with Crippen molar-refractivity contribution in [2.75, 3.05) is 6.54 Å². The van der Waals surface area contributed by atoms with Gasteiger partial charge in [0.05, 0.1) is 12.6 Å². The van der Waals surface area contributed by atoms with Crippen LogP contribution in [0.2, 0.25) is 0 Å². The van der Waals surface area contributed by atoms with E-state index in [9.17, 15) is 4.79 Å². The maximum atomic E-state index is 12.5. The van der Waals surface area contributed by atoms with Crippen LogP contribution >= 0.6 is 0 Å². The lowest BCUT2D eigenvalue weighted by molar-refractivity contribution is 0.0673. The first-order valence-electron chi connectivity index (χ1n) is 8.47. The molecule has 1 N–H and O–H groups in total. The number of carbonyl (C=O) groups excluding carboxylic acids is 1. The van der Waals surface area contributed by atoms with Crippen LogP contribution in [0.25, 0.3) is 0 Å². The molecule has 0 aliphatic carbocycles. The summed E-state index contributed by atoms with van der Waals surface area (Å²) in [5.74, 6) is 1.78. The maximum Gasteiger partial charge on any atom is 0.272 e. The summed E-state index contributed by atoms with van der Waals surface area (Å²) in [5.41, 5.74) is 1.80. The number of nitrogens with one attached hydrogen (secondary N) is 1. The van der Waals surface area contributed by atoms with Gasteiger partial charge >= 0.3 is 0 Å². The Morgan fingerprint density at radius 1 is 1.20 bits per heavy atom. The van der Waals surface area contributed by atoms with E-state index in [2.05, 4.69) is 56.2 Å². The predicted octanol–water partition coefficient (Wildman–Crippen LogP) is 2.00. The Morgan fingerprint density at radius 3 is 2.80 bits per heavy atom. The van der Waals surface area contributed by atoms with E-state index >= 15 is 0 Å². The van der Waals surface area contributed by atoms with E-state index in [4.69, 9.17) is 0 Å². The second-order valence-corrected chi connectivity index (χ2v) is 6.39. The lowest BCUT2D eigenvalue weighted by Crippen LogP contribution is -2.41. The smallest absolute Gasteiger partial charge is 0.272 e. The zero-order valence-corrected chi connectivity index (χ0v) is 14.1. The molecule has 1 atom stereocenters. The zero-order chi connectivity index (χ0) is 17.2. The third-order valence-corrected chi connectivity index (χ3v) is 4.59. The summed E-state index contributed by atoms with van der Waals surface area (Å²) in [6.07, 6.45) is 3.36. The average molecular weight is 336 g/mol. The van der Waals surface area contributed by atoms with E-state index < -0.39 is 0 Å². The number of aromatic amines is 1. The Hall–Kier alpha value is -2.96. The van der Waals surface area contributed by atoms with Gasteiger partial charge in [0.15, 0.2) is 5.82 Å². The Balaban J connectivity index is 1.50. The van der Waals surface area contributed by atoms with Gasteiger partial charge in [-0.25, -0.2) is 0 Å². The lowest BCUT2D eigenvalue weighted by atomic mass is 10.1. The second-order valence-electron chi connectivity index (χ2n) is 6.39. The third kappa shape index (κ3) is 3.05. The van der Waals surface area contributed by atoms with Gasteiger partial charge in [0.25, 0.3) is 5.91 Å². The standard InChI is InChI=1S/C18H20N6O/c1-13-11-23(18(25)15-9-10-19-20-15)12-17-22-21-16(24(13)17)8-7-14-5-3-2-4-6-14/h2-6,9-10,13H,7-8,11-12H2,1H3,(H,19,20)/t13-/m0/s1. The van der Waals surface area contributed by atoms with Crippen molar-refractivity contribution in [1.82, 2.24) is 29.9 Å². The van der Waals surface area contributed by atoms with Crippen molar-refractivity contribution >= 4 is 5.91 Å². The van der Waals surface area contributed by atoms with Crippen LogP contribution in [0.5, 0.6) is 0 Å². The molecule has 7 nitrogen and oxygen atoms in total. The number of hydrogen-bond acceptors (Lipinski definition) is 4. The zero-order valence-electron chi connectivity index (χ0n) is 14.1. The van der Waals surface area contributed by atoms with Gasteiger partial charge < -0.3 is 9.47 Å². The van der Waals surface area contributed by atoms with E-state index in [0.717, 1.165) is 24.5 Å². The molecule has 0 radical (unpaired) electrons. The molecule has 4 rings (SSSR count). The van der Waals surface area contributed by atoms with E-state index in [1.807, 2.05) is 6.07 Å². The highest BCUT2D eigenvalue weighted by Gasteiger charge is 2.29. The largest absolute Gasteiger partial charge is 0.328 e. The van der Waals surface area contributed by atoms with Gasteiger partial charge in [-0.1, -0.05) is 30.3 Å². The van der Waals surface area contributed by atoms with Crippen LogP contribution in [0.4, 0.5) is 0 Å². The summed E-state index contributed by atoms with van der Waals surface area (Å²) >= 11 is 0. The molecular weight excluding hydrogens is 316 g/mol. The molecule has 1 amide bonds. The number of amides is 1. The highest BCUT2D eigenvalue weighted by Crippen LogP contribution is 2.23. The van der Waals surface area contributed by atoms with Gasteiger partial charge in [-0.15, -0.1) is 10.2 Å². The normalized spacial score (nSPS) is 16.7. The fraction of sp³-hybridized carbons (Fsp3) is 0.333. The van der Waals surface area contributed by atoms with Crippen LogP contribution in [-0.4, -0.2) is 42.3 Å². The van der Waals surface area contributed by atoms with Crippen LogP contribution in [0.15, 0.2) is 42.6 Å². The minimum atomic E-state index is -0.0514. The van der Waals surface area contributed by atoms with Gasteiger partial charge in [0.1, 0.15) is 11.5 Å². The molecule has 1 aliphatic rings. The second kappa shape index (κ2) is 6.51. The summed E-state index contributed by atoms with van der Waals surface area (Å²) in [4.78, 5) is 14.3. The molecule has 0 fully saturated rings. The van der Waals surface area contributed by atoms with E-state index in [0.29, 0.717) is 18.8 Å². The Labute approximate surface area is 145 Å². The van der Waals surface area contributed by atoms with Gasteiger partial charge in [-0.2, -0.15) is 5.10 Å². The predicted molar refractivity (Wildman–Crippen MR) is 91.9 cm³/mol. The summed E-state index contributed by atoms with van der Waals surface area (Å²) in [6, 6.07) is 12.2. The Bertz CT molecular complexity index is 855. The van der Waals surface area contributed by atoms with Crippen molar-refractivity contribution < 1.29 is 4.79 Å². The first kappa shape index (κ1) is 15.6. The number of carbonyl (C=O) groups is 1. The molecule has 0 bridgehead atoms. The van der Waals surface area contributed by atoms with Crippen molar-refractivity contribution in [3.63, 3.8) is 0 Å². The number of benzene rings is 1. The molecular formula is C18H20N6O. The minimum absolute atomic E-state index is 0.0514. The molecule has 25 heavy (non-hydrogen) atoms. The number of fused-ring (bicyclic) bond motifs is 1. The Morgan fingerprint density at radius 2 is 2.04 bits per heavy atom. The first-order valence-corrected chi connectivity index (χ1v) is 8.47. The topological polar surface area (TPSA) is 79.7 Å². The fourth-order valence-electron chi connectivity index (χ4n) is 3.38. The van der Waals surface area contributed by atoms with Crippen LogP contribution < -0.4 is 0 Å². The quantitative estimate of drug-likeness (QED) is 0.790. The van der Waals surface area contributed by atoms with Crippen LogP contribution in [0.3, 0.4) is 0 Å². The van der Waals surface area contributed by atoms with E-state index in [1.54, 1.807) is 17.2 Å². The van der Waals surface area contributed by atoms with Crippen LogP contribution in [-0.2, 0) is 19.4 Å². The summed E-state index contributed by atoms with van der Waals surface area (Å²) < 4.78 is 2.18. The molecule has 0 saturated carbocycles. The fourth-order valence-corrected chi connectivity index (χ4v) is 3.38. The van der Waals surface area contributed by atoms with Crippen molar-refractivity contribution in [3.05, 3.63) is 65.5 Å². The monoisotopic (exact) mass is 336 g/mol. The molecule has 7 heteroatoms. The first-order chi connectivity index (χ1) is 12.2. The third-order valence-electron chi connectivity index (χ3n) is 4.59. The van der Waals surface area contributed by atoms with Crippen LogP contribution in [0, 0.1) is 0 Å². The summed E-state index contributed by atoms with van der Waals surface area (Å²) in [7, 11) is 0. The highest BCUT2D eigenvalue weighted by atomic mass is 16.2. The highest BCUT2D eigenvalue weighted by molar-refractivity contribution is 5.92. The molecule has 3 aromatic rings. The molecule has 0 spiro atoms. The molecule has 0 unspecified atom stereocenters. The van der Waals surface area contributed by atoms with E-state index in [1.165, 1.54) is 5.56 Å². The number of nitrogens with zero attached hydrogens (tertiary/aromatic N) is 5. The van der Waals surface area contributed by atoms with Gasteiger partial charge in [-0.05, 0) is 25.0 Å². The number of H-pyrrole nitrogens is 1. The maximum absolute atomic E-state index is 12.5. The lowest BCUT2D eigenvalue weighted by Gasteiger charge is -2.32. The van der Waals surface area contributed by atoms with E-state index in [-0.39, 0.29) is 11.9 Å². The number of aryl methyl sites for hydroxylation is 2. The molecule has 2 aromatic heterocycles. The van der Waals surface area contributed by atoms with Gasteiger partial charge in [0.2, 0.25) is 0 Å². The van der Waals surface area contributed by atoms with Crippen molar-refractivity contribution in [3.8, 4) is 0 Å². The summed E-state index contributed by atoms with van der Waals surface area (Å²) in [5, 5.41) is 15.3. The average Bonchev–Trinajstić information content (AvgIpc) is 3.30. The Kier molecular flexibility index (Phi) is 4.05. The molecule has 1 aromatic carbocycles. The SMILES string of the molecule is C[C@H]1CN(C(=O)c2ccn[nH]2)Cc2nnc(CCc3ccccc3)n21. The minimum Gasteiger partial charge on any atom is -0.328 e. The molecule has 1 aliphatic heterocycles. The number of aromatic nitrogens is 5. The molecule has 128 valence electrons. The number of rotatable bonds is 4. The van der Waals surface area contributed by atoms with Crippen molar-refractivity contribution in [2.24, 2.45) is 0 Å². The van der Waals surface area contributed by atoms with Crippen LogP contribution in [0.1, 0.15) is 40.7 Å².